The van der Waals surface area contributed by atoms with Gasteiger partial charge in [0, 0.05) is 24.2 Å². The van der Waals surface area contributed by atoms with Crippen molar-refractivity contribution < 1.29 is 9.90 Å². The van der Waals surface area contributed by atoms with Crippen molar-refractivity contribution in [2.24, 2.45) is 0 Å². The Hall–Kier alpha value is -2.80. The van der Waals surface area contributed by atoms with E-state index in [1.807, 2.05) is 25.4 Å². The minimum absolute atomic E-state index is 0.583. The highest BCUT2D eigenvalue weighted by atomic mass is 32.1. The Balaban J connectivity index is 1.89. The first kappa shape index (κ1) is 19.2. The van der Waals surface area contributed by atoms with Gasteiger partial charge in [0.25, 0.3) is 0 Å². The van der Waals surface area contributed by atoms with Gasteiger partial charge < -0.3 is 9.67 Å². The van der Waals surface area contributed by atoms with E-state index in [1.54, 1.807) is 11.3 Å². The Labute approximate surface area is 178 Å². The van der Waals surface area contributed by atoms with Gasteiger partial charge in [-0.05, 0) is 49.4 Å². The highest BCUT2D eigenvalue weighted by Gasteiger charge is 2.30. The minimum Gasteiger partial charge on any atom is -0.481 e. The van der Waals surface area contributed by atoms with Crippen molar-refractivity contribution in [3.05, 3.63) is 40.8 Å². The van der Waals surface area contributed by atoms with Gasteiger partial charge in [-0.1, -0.05) is 19.4 Å². The van der Waals surface area contributed by atoms with Crippen LogP contribution in [0.25, 0.3) is 32.5 Å². The average molecular weight is 421 g/mol. The SMILES string of the molecule is CCCC(C(=O)O)c1c(C)nc2nc3n(c2c1-c1ccc2ncsc2c1)CCCC3. The van der Waals surface area contributed by atoms with Crippen molar-refractivity contribution in [3.8, 4) is 11.1 Å². The maximum atomic E-state index is 12.3. The van der Waals surface area contributed by atoms with E-state index in [9.17, 15) is 9.90 Å². The minimum atomic E-state index is -0.792. The summed E-state index contributed by atoms with van der Waals surface area (Å²) >= 11 is 1.60. The number of aryl methyl sites for hydroxylation is 3. The lowest BCUT2D eigenvalue weighted by molar-refractivity contribution is -0.139. The van der Waals surface area contributed by atoms with Crippen LogP contribution in [0.2, 0.25) is 0 Å². The number of thiazole rings is 1. The zero-order chi connectivity index (χ0) is 20.8. The van der Waals surface area contributed by atoms with Crippen LogP contribution < -0.4 is 0 Å². The van der Waals surface area contributed by atoms with E-state index >= 15 is 0 Å². The van der Waals surface area contributed by atoms with E-state index in [0.29, 0.717) is 6.42 Å². The molecule has 0 spiro atoms. The van der Waals surface area contributed by atoms with Crippen molar-refractivity contribution in [2.45, 2.75) is 58.4 Å². The summed E-state index contributed by atoms with van der Waals surface area (Å²) in [5.74, 6) is -0.323. The number of rotatable bonds is 5. The highest BCUT2D eigenvalue weighted by molar-refractivity contribution is 7.16. The lowest BCUT2D eigenvalue weighted by Gasteiger charge is -2.22. The van der Waals surface area contributed by atoms with E-state index in [4.69, 9.17) is 9.97 Å². The molecule has 1 aliphatic rings. The standard InChI is InChI=1S/C23H24N4O2S/c1-3-6-15(23(28)29)19-13(2)25-22-21(27-10-5-4-7-18(27)26-22)20(19)14-8-9-16-17(11-14)30-12-24-16/h8-9,11-12,15H,3-7,10H2,1-2H3,(H,28,29). The predicted molar refractivity (Wildman–Crippen MR) is 119 cm³/mol. The molecule has 4 aromatic rings. The van der Waals surface area contributed by atoms with E-state index in [2.05, 4.69) is 21.7 Å². The molecule has 1 aliphatic heterocycles. The lowest BCUT2D eigenvalue weighted by atomic mass is 9.86. The fourth-order valence-electron chi connectivity index (χ4n) is 4.73. The van der Waals surface area contributed by atoms with Crippen molar-refractivity contribution in [3.63, 3.8) is 0 Å². The molecule has 4 heterocycles. The topological polar surface area (TPSA) is 80.9 Å². The van der Waals surface area contributed by atoms with Crippen LogP contribution in [-0.4, -0.2) is 30.6 Å². The van der Waals surface area contributed by atoms with Crippen molar-refractivity contribution in [1.82, 2.24) is 19.5 Å². The van der Waals surface area contributed by atoms with Crippen LogP contribution in [0.3, 0.4) is 0 Å². The number of aromatic nitrogens is 4. The first-order valence-electron chi connectivity index (χ1n) is 10.5. The molecule has 0 aliphatic carbocycles. The Morgan fingerprint density at radius 1 is 1.30 bits per heavy atom. The molecule has 7 heteroatoms. The van der Waals surface area contributed by atoms with Crippen LogP contribution in [0.15, 0.2) is 23.7 Å². The molecule has 30 heavy (non-hydrogen) atoms. The number of carbonyl (C=O) groups is 1. The molecule has 0 bridgehead atoms. The second-order valence-corrected chi connectivity index (χ2v) is 8.90. The quantitative estimate of drug-likeness (QED) is 0.472. The summed E-state index contributed by atoms with van der Waals surface area (Å²) in [5.41, 5.74) is 8.12. The third-order valence-electron chi connectivity index (χ3n) is 6.07. The lowest BCUT2D eigenvalue weighted by Crippen LogP contribution is -2.16. The molecule has 1 atom stereocenters. The van der Waals surface area contributed by atoms with Crippen LogP contribution in [-0.2, 0) is 17.8 Å². The van der Waals surface area contributed by atoms with E-state index < -0.39 is 11.9 Å². The van der Waals surface area contributed by atoms with Crippen LogP contribution in [0.4, 0.5) is 0 Å². The molecular formula is C23H24N4O2S. The van der Waals surface area contributed by atoms with Crippen molar-refractivity contribution in [1.29, 1.82) is 0 Å². The second-order valence-electron chi connectivity index (χ2n) is 8.01. The molecule has 1 N–H and O–H groups in total. The molecule has 0 radical (unpaired) electrons. The Kier molecular flexibility index (Phi) is 4.77. The zero-order valence-electron chi connectivity index (χ0n) is 17.2. The zero-order valence-corrected chi connectivity index (χ0v) is 18.0. The van der Waals surface area contributed by atoms with Gasteiger partial charge in [-0.25, -0.2) is 15.0 Å². The summed E-state index contributed by atoms with van der Waals surface area (Å²) < 4.78 is 3.37. The van der Waals surface area contributed by atoms with Gasteiger partial charge in [0.05, 0.1) is 27.2 Å². The number of aliphatic carboxylic acids is 1. The molecule has 0 saturated heterocycles. The molecule has 6 nitrogen and oxygen atoms in total. The summed E-state index contributed by atoms with van der Waals surface area (Å²) in [6.07, 6.45) is 4.55. The Morgan fingerprint density at radius 3 is 2.97 bits per heavy atom. The Bertz CT molecular complexity index is 1270. The molecule has 3 aromatic heterocycles. The molecule has 1 unspecified atom stereocenters. The van der Waals surface area contributed by atoms with Gasteiger partial charge in [-0.2, -0.15) is 0 Å². The highest BCUT2D eigenvalue weighted by Crippen LogP contribution is 2.41. The molecule has 154 valence electrons. The number of hydrogen-bond donors (Lipinski definition) is 1. The number of imidazole rings is 1. The Morgan fingerprint density at radius 2 is 2.17 bits per heavy atom. The molecule has 1 aromatic carbocycles. The summed E-state index contributed by atoms with van der Waals surface area (Å²) in [6, 6.07) is 6.22. The maximum Gasteiger partial charge on any atom is 0.311 e. The van der Waals surface area contributed by atoms with Gasteiger partial charge in [-0.3, -0.25) is 4.79 Å². The molecule has 0 amide bonds. The van der Waals surface area contributed by atoms with Crippen molar-refractivity contribution in [2.75, 3.05) is 0 Å². The van der Waals surface area contributed by atoms with E-state index in [0.717, 1.165) is 81.8 Å². The third kappa shape index (κ3) is 2.99. The largest absolute Gasteiger partial charge is 0.481 e. The number of hydrogen-bond acceptors (Lipinski definition) is 5. The number of nitrogens with zero attached hydrogens (tertiary/aromatic N) is 4. The molecule has 5 rings (SSSR count). The monoisotopic (exact) mass is 420 g/mol. The van der Waals surface area contributed by atoms with Gasteiger partial charge in [0.2, 0.25) is 0 Å². The maximum absolute atomic E-state index is 12.3. The average Bonchev–Trinajstić information content (AvgIpc) is 3.34. The van der Waals surface area contributed by atoms with E-state index in [1.165, 1.54) is 0 Å². The van der Waals surface area contributed by atoms with Gasteiger partial charge in [0.1, 0.15) is 5.82 Å². The molecule has 0 fully saturated rings. The van der Waals surface area contributed by atoms with Gasteiger partial charge in [-0.15, -0.1) is 11.3 Å². The van der Waals surface area contributed by atoms with Gasteiger partial charge >= 0.3 is 5.97 Å². The molecular weight excluding hydrogens is 396 g/mol. The fourth-order valence-corrected chi connectivity index (χ4v) is 5.45. The first-order valence-corrected chi connectivity index (χ1v) is 11.4. The number of carboxylic acids is 1. The molecule has 0 saturated carbocycles. The number of carboxylic acid groups (broad SMARTS) is 1. The van der Waals surface area contributed by atoms with Crippen LogP contribution in [0.5, 0.6) is 0 Å². The predicted octanol–water partition coefficient (Wildman–Crippen LogP) is 5.32. The van der Waals surface area contributed by atoms with Crippen LogP contribution in [0.1, 0.15) is 55.6 Å². The first-order chi connectivity index (χ1) is 14.6. The fraction of sp³-hybridized carbons (Fsp3) is 0.391. The number of pyridine rings is 1. The summed E-state index contributed by atoms with van der Waals surface area (Å²) in [4.78, 5) is 26.3. The third-order valence-corrected chi connectivity index (χ3v) is 6.87. The number of benzene rings is 1. The second kappa shape index (κ2) is 7.47. The van der Waals surface area contributed by atoms with E-state index in [-0.39, 0.29) is 0 Å². The number of fused-ring (bicyclic) bond motifs is 4. The summed E-state index contributed by atoms with van der Waals surface area (Å²) in [6.45, 7) is 4.85. The normalized spacial score (nSPS) is 14.9. The van der Waals surface area contributed by atoms with Crippen LogP contribution >= 0.6 is 11.3 Å². The summed E-state index contributed by atoms with van der Waals surface area (Å²) in [5, 5.41) is 10.1. The van der Waals surface area contributed by atoms with Crippen molar-refractivity contribution >= 4 is 38.7 Å². The summed E-state index contributed by atoms with van der Waals surface area (Å²) in [7, 11) is 0. The van der Waals surface area contributed by atoms with Crippen LogP contribution in [0, 0.1) is 6.92 Å². The smallest absolute Gasteiger partial charge is 0.311 e. The van der Waals surface area contributed by atoms with Gasteiger partial charge in [0.15, 0.2) is 5.65 Å².